The summed E-state index contributed by atoms with van der Waals surface area (Å²) < 4.78 is 0. The van der Waals surface area contributed by atoms with Gasteiger partial charge in [0, 0.05) is 11.1 Å². The molecule has 0 aliphatic heterocycles. The van der Waals surface area contributed by atoms with Gasteiger partial charge in [-0.15, -0.1) is 0 Å². The third-order valence-corrected chi connectivity index (χ3v) is 3.72. The molecule has 1 atom stereocenters. The van der Waals surface area contributed by atoms with E-state index in [1.165, 1.54) is 0 Å². The summed E-state index contributed by atoms with van der Waals surface area (Å²) in [7, 11) is 0. The molecular formula is C14H24ClN3. The molecule has 1 aromatic rings. The molecule has 0 aliphatic rings. The van der Waals surface area contributed by atoms with Crippen LogP contribution in [0.1, 0.15) is 25.8 Å². The summed E-state index contributed by atoms with van der Waals surface area (Å²) >= 11 is 6.16. The van der Waals surface area contributed by atoms with E-state index >= 15 is 0 Å². The first kappa shape index (κ1) is 15.4. The number of halogens is 1. The topological polar surface area (TPSA) is 41.3 Å². The van der Waals surface area contributed by atoms with Crippen molar-refractivity contribution in [1.82, 2.24) is 10.3 Å². The van der Waals surface area contributed by atoms with Crippen molar-refractivity contribution >= 4 is 11.6 Å². The van der Waals surface area contributed by atoms with Crippen LogP contribution in [0.5, 0.6) is 0 Å². The van der Waals surface area contributed by atoms with Crippen molar-refractivity contribution in [2.24, 2.45) is 5.84 Å². The highest BCUT2D eigenvalue weighted by Gasteiger charge is 2.11. The molecule has 0 aromatic heterocycles. The summed E-state index contributed by atoms with van der Waals surface area (Å²) in [5, 5.41) is 0.820. The molecule has 1 rings (SSSR count). The van der Waals surface area contributed by atoms with Crippen LogP contribution in [-0.2, 0) is 6.42 Å². The van der Waals surface area contributed by atoms with Crippen LogP contribution in [0, 0.1) is 0 Å². The zero-order valence-corrected chi connectivity index (χ0v) is 12.1. The average Bonchev–Trinajstić information content (AvgIpc) is 2.40. The van der Waals surface area contributed by atoms with E-state index < -0.39 is 0 Å². The Hall–Kier alpha value is -0.610. The number of hydrogen-bond acceptors (Lipinski definition) is 3. The number of benzene rings is 1. The van der Waals surface area contributed by atoms with Gasteiger partial charge in [-0.05, 0) is 44.1 Å². The molecule has 3 N–H and O–H groups in total. The highest BCUT2D eigenvalue weighted by Crippen LogP contribution is 2.17. The fourth-order valence-electron chi connectivity index (χ4n) is 2.05. The first-order valence-corrected chi connectivity index (χ1v) is 7.00. The van der Waals surface area contributed by atoms with Gasteiger partial charge in [0.1, 0.15) is 0 Å². The molecule has 0 bridgehead atoms. The predicted molar refractivity (Wildman–Crippen MR) is 78.7 cm³/mol. The number of nitrogens with two attached hydrogens (primary N) is 1. The molecule has 0 saturated carbocycles. The first-order valence-electron chi connectivity index (χ1n) is 6.63. The molecule has 0 amide bonds. The van der Waals surface area contributed by atoms with Crippen LogP contribution < -0.4 is 11.3 Å². The molecule has 0 spiro atoms. The Labute approximate surface area is 115 Å². The van der Waals surface area contributed by atoms with Crippen molar-refractivity contribution in [3.05, 3.63) is 34.9 Å². The van der Waals surface area contributed by atoms with Crippen molar-refractivity contribution in [2.45, 2.75) is 32.7 Å². The standard InChI is InChI=1S/C14H24ClN3/c1-3-18(4-2)10-9-13(17-16)11-12-7-5-6-8-14(12)15/h5-8,13,17H,3-4,9-11,16H2,1-2H3. The molecular weight excluding hydrogens is 246 g/mol. The second kappa shape index (κ2) is 8.48. The van der Waals surface area contributed by atoms with Crippen LogP contribution in [0.15, 0.2) is 24.3 Å². The Bertz CT molecular complexity index is 340. The lowest BCUT2D eigenvalue weighted by atomic mass is 10.0. The number of hydrogen-bond donors (Lipinski definition) is 2. The monoisotopic (exact) mass is 269 g/mol. The molecule has 1 unspecified atom stereocenters. The van der Waals surface area contributed by atoms with Crippen LogP contribution >= 0.6 is 11.6 Å². The molecule has 0 heterocycles. The minimum atomic E-state index is 0.269. The molecule has 0 fully saturated rings. The zero-order chi connectivity index (χ0) is 13.4. The normalized spacial score (nSPS) is 12.9. The lowest BCUT2D eigenvalue weighted by molar-refractivity contribution is 0.281. The summed E-state index contributed by atoms with van der Waals surface area (Å²) in [6.07, 6.45) is 1.90. The van der Waals surface area contributed by atoms with Gasteiger partial charge in [-0.2, -0.15) is 0 Å². The van der Waals surface area contributed by atoms with Crippen LogP contribution in [0.25, 0.3) is 0 Å². The molecule has 0 aliphatic carbocycles. The van der Waals surface area contributed by atoms with Gasteiger partial charge in [0.25, 0.3) is 0 Å². The maximum Gasteiger partial charge on any atom is 0.0438 e. The fraction of sp³-hybridized carbons (Fsp3) is 0.571. The number of nitrogens with zero attached hydrogens (tertiary/aromatic N) is 1. The summed E-state index contributed by atoms with van der Waals surface area (Å²) in [4.78, 5) is 2.40. The molecule has 3 nitrogen and oxygen atoms in total. The van der Waals surface area contributed by atoms with E-state index in [0.29, 0.717) is 0 Å². The minimum absolute atomic E-state index is 0.269. The largest absolute Gasteiger partial charge is 0.304 e. The third kappa shape index (κ3) is 4.94. The average molecular weight is 270 g/mol. The lowest BCUT2D eigenvalue weighted by Gasteiger charge is -2.22. The van der Waals surface area contributed by atoms with Gasteiger partial charge in [-0.1, -0.05) is 43.6 Å². The molecule has 0 saturated heterocycles. The van der Waals surface area contributed by atoms with Crippen molar-refractivity contribution in [3.8, 4) is 0 Å². The Kier molecular flexibility index (Phi) is 7.28. The van der Waals surface area contributed by atoms with Crippen molar-refractivity contribution < 1.29 is 0 Å². The maximum atomic E-state index is 6.16. The van der Waals surface area contributed by atoms with Gasteiger partial charge in [-0.25, -0.2) is 0 Å². The number of nitrogens with one attached hydrogen (secondary N) is 1. The van der Waals surface area contributed by atoms with Crippen molar-refractivity contribution in [2.75, 3.05) is 19.6 Å². The quantitative estimate of drug-likeness (QED) is 0.563. The Morgan fingerprint density at radius 1 is 1.28 bits per heavy atom. The summed E-state index contributed by atoms with van der Waals surface area (Å²) in [6, 6.07) is 8.22. The van der Waals surface area contributed by atoms with Crippen molar-refractivity contribution in [3.63, 3.8) is 0 Å². The van der Waals surface area contributed by atoms with E-state index in [4.69, 9.17) is 17.4 Å². The summed E-state index contributed by atoms with van der Waals surface area (Å²) in [6.45, 7) is 7.59. The molecule has 4 heteroatoms. The minimum Gasteiger partial charge on any atom is -0.304 e. The summed E-state index contributed by atoms with van der Waals surface area (Å²) in [5.41, 5.74) is 4.05. The SMILES string of the molecule is CCN(CC)CCC(Cc1ccccc1Cl)NN. The number of hydrazine groups is 1. The van der Waals surface area contributed by atoms with E-state index in [9.17, 15) is 0 Å². The van der Waals surface area contributed by atoms with E-state index in [-0.39, 0.29) is 6.04 Å². The van der Waals surface area contributed by atoms with Crippen LogP contribution in [-0.4, -0.2) is 30.6 Å². The summed E-state index contributed by atoms with van der Waals surface area (Å²) in [5.74, 6) is 5.63. The second-order valence-electron chi connectivity index (χ2n) is 4.47. The predicted octanol–water partition coefficient (Wildman–Crippen LogP) is 2.45. The molecule has 1 aromatic carbocycles. The Morgan fingerprint density at radius 3 is 2.50 bits per heavy atom. The van der Waals surface area contributed by atoms with E-state index in [0.717, 1.165) is 43.1 Å². The van der Waals surface area contributed by atoms with Gasteiger partial charge in [0.2, 0.25) is 0 Å². The second-order valence-corrected chi connectivity index (χ2v) is 4.88. The first-order chi connectivity index (χ1) is 8.71. The highest BCUT2D eigenvalue weighted by atomic mass is 35.5. The third-order valence-electron chi connectivity index (χ3n) is 3.35. The Balaban J connectivity index is 2.49. The fourth-order valence-corrected chi connectivity index (χ4v) is 2.26. The van der Waals surface area contributed by atoms with E-state index in [1.54, 1.807) is 0 Å². The van der Waals surface area contributed by atoms with Gasteiger partial charge in [-0.3, -0.25) is 11.3 Å². The van der Waals surface area contributed by atoms with Crippen LogP contribution in [0.4, 0.5) is 0 Å². The lowest BCUT2D eigenvalue weighted by Crippen LogP contribution is -2.39. The zero-order valence-electron chi connectivity index (χ0n) is 11.3. The van der Waals surface area contributed by atoms with Crippen molar-refractivity contribution in [1.29, 1.82) is 0 Å². The van der Waals surface area contributed by atoms with E-state index in [2.05, 4.69) is 30.2 Å². The molecule has 102 valence electrons. The Morgan fingerprint density at radius 2 is 1.94 bits per heavy atom. The van der Waals surface area contributed by atoms with Gasteiger partial charge in [0.15, 0.2) is 0 Å². The molecule has 0 radical (unpaired) electrons. The highest BCUT2D eigenvalue weighted by molar-refractivity contribution is 6.31. The molecule has 18 heavy (non-hydrogen) atoms. The van der Waals surface area contributed by atoms with Crippen LogP contribution in [0.3, 0.4) is 0 Å². The number of rotatable bonds is 8. The van der Waals surface area contributed by atoms with Gasteiger partial charge < -0.3 is 4.90 Å². The van der Waals surface area contributed by atoms with Crippen LogP contribution in [0.2, 0.25) is 5.02 Å². The van der Waals surface area contributed by atoms with Gasteiger partial charge >= 0.3 is 0 Å². The van der Waals surface area contributed by atoms with Gasteiger partial charge in [0.05, 0.1) is 0 Å². The maximum absolute atomic E-state index is 6.16. The van der Waals surface area contributed by atoms with E-state index in [1.807, 2.05) is 18.2 Å². The smallest absolute Gasteiger partial charge is 0.0438 e.